The van der Waals surface area contributed by atoms with Crippen LogP contribution in [0.5, 0.6) is 0 Å². The standard InChI is InChI=1S/C14H12N4O/c1-10-8-11(12-3-5-14(19)17-16-12)2-4-13(10)18-7-6-15-9-18/h2-9H,1H3,(H,17,19). The Labute approximate surface area is 109 Å². The maximum Gasteiger partial charge on any atom is 0.264 e. The van der Waals surface area contributed by atoms with E-state index in [-0.39, 0.29) is 5.56 Å². The van der Waals surface area contributed by atoms with E-state index in [1.54, 1.807) is 18.6 Å². The first-order valence-electron chi connectivity index (χ1n) is 5.89. The molecule has 0 saturated carbocycles. The smallest absolute Gasteiger partial charge is 0.264 e. The molecule has 0 aliphatic rings. The summed E-state index contributed by atoms with van der Waals surface area (Å²) in [6, 6.07) is 9.21. The van der Waals surface area contributed by atoms with Gasteiger partial charge in [-0.05, 0) is 30.7 Å². The van der Waals surface area contributed by atoms with E-state index in [1.807, 2.05) is 35.9 Å². The van der Waals surface area contributed by atoms with Gasteiger partial charge in [0.2, 0.25) is 0 Å². The molecule has 0 fully saturated rings. The van der Waals surface area contributed by atoms with Crippen LogP contribution in [0.1, 0.15) is 5.56 Å². The first-order chi connectivity index (χ1) is 9.24. The summed E-state index contributed by atoms with van der Waals surface area (Å²) in [4.78, 5) is 15.0. The number of nitrogens with one attached hydrogen (secondary N) is 1. The third-order valence-corrected chi connectivity index (χ3v) is 2.95. The molecular weight excluding hydrogens is 240 g/mol. The average molecular weight is 252 g/mol. The van der Waals surface area contributed by atoms with Crippen molar-refractivity contribution in [2.75, 3.05) is 0 Å². The topological polar surface area (TPSA) is 63.6 Å². The van der Waals surface area contributed by atoms with Crippen LogP contribution in [0.15, 0.2) is 53.8 Å². The van der Waals surface area contributed by atoms with Gasteiger partial charge in [-0.1, -0.05) is 6.07 Å². The van der Waals surface area contributed by atoms with E-state index in [2.05, 4.69) is 15.2 Å². The molecule has 0 spiro atoms. The summed E-state index contributed by atoms with van der Waals surface area (Å²) in [5.41, 5.74) is 3.71. The van der Waals surface area contributed by atoms with Crippen molar-refractivity contribution in [3.05, 3.63) is 65.0 Å². The summed E-state index contributed by atoms with van der Waals surface area (Å²) in [5, 5.41) is 6.46. The minimum Gasteiger partial charge on any atom is -0.306 e. The van der Waals surface area contributed by atoms with Crippen LogP contribution in [-0.4, -0.2) is 19.7 Å². The third-order valence-electron chi connectivity index (χ3n) is 2.95. The highest BCUT2D eigenvalue weighted by molar-refractivity contribution is 5.62. The molecule has 3 rings (SSSR count). The largest absolute Gasteiger partial charge is 0.306 e. The van der Waals surface area contributed by atoms with Crippen LogP contribution in [-0.2, 0) is 0 Å². The molecule has 1 aromatic carbocycles. The fourth-order valence-corrected chi connectivity index (χ4v) is 2.01. The fraction of sp³-hybridized carbons (Fsp3) is 0.0714. The van der Waals surface area contributed by atoms with E-state index in [9.17, 15) is 4.79 Å². The summed E-state index contributed by atoms with van der Waals surface area (Å²) < 4.78 is 1.96. The van der Waals surface area contributed by atoms with Crippen molar-refractivity contribution in [1.29, 1.82) is 0 Å². The number of nitrogens with zero attached hydrogens (tertiary/aromatic N) is 3. The maximum absolute atomic E-state index is 11.0. The molecule has 0 bridgehead atoms. The van der Waals surface area contributed by atoms with Crippen molar-refractivity contribution in [2.24, 2.45) is 0 Å². The minimum absolute atomic E-state index is 0.199. The Morgan fingerprint density at radius 1 is 1.21 bits per heavy atom. The van der Waals surface area contributed by atoms with Crippen molar-refractivity contribution in [2.45, 2.75) is 6.92 Å². The van der Waals surface area contributed by atoms with Crippen LogP contribution >= 0.6 is 0 Å². The molecule has 0 aliphatic heterocycles. The van der Waals surface area contributed by atoms with Gasteiger partial charge in [-0.15, -0.1) is 0 Å². The lowest BCUT2D eigenvalue weighted by Gasteiger charge is -2.08. The number of rotatable bonds is 2. The summed E-state index contributed by atoms with van der Waals surface area (Å²) >= 11 is 0. The predicted molar refractivity (Wildman–Crippen MR) is 72.2 cm³/mol. The molecular formula is C14H12N4O. The second-order valence-electron chi connectivity index (χ2n) is 4.28. The maximum atomic E-state index is 11.0. The highest BCUT2D eigenvalue weighted by Gasteiger charge is 2.04. The Bertz CT molecular complexity index is 739. The van der Waals surface area contributed by atoms with Gasteiger partial charge in [0.1, 0.15) is 0 Å². The molecule has 2 aromatic heterocycles. The van der Waals surface area contributed by atoms with Crippen molar-refractivity contribution < 1.29 is 0 Å². The molecule has 0 amide bonds. The number of benzene rings is 1. The zero-order valence-electron chi connectivity index (χ0n) is 10.4. The second kappa shape index (κ2) is 4.53. The van der Waals surface area contributed by atoms with Gasteiger partial charge in [0.05, 0.1) is 12.0 Å². The summed E-state index contributed by atoms with van der Waals surface area (Å²) in [7, 11) is 0. The van der Waals surface area contributed by atoms with Crippen LogP contribution in [0.4, 0.5) is 0 Å². The number of hydrogen-bond donors (Lipinski definition) is 1. The normalized spacial score (nSPS) is 10.6. The molecule has 1 N–H and O–H groups in total. The zero-order chi connectivity index (χ0) is 13.2. The molecule has 0 atom stereocenters. The number of hydrogen-bond acceptors (Lipinski definition) is 3. The monoisotopic (exact) mass is 252 g/mol. The number of aryl methyl sites for hydroxylation is 1. The van der Waals surface area contributed by atoms with E-state index < -0.39 is 0 Å². The molecule has 5 heteroatoms. The van der Waals surface area contributed by atoms with Gasteiger partial charge >= 0.3 is 0 Å². The molecule has 2 heterocycles. The minimum atomic E-state index is -0.199. The van der Waals surface area contributed by atoms with Gasteiger partial charge in [-0.3, -0.25) is 4.79 Å². The number of aromatic amines is 1. The zero-order valence-corrected chi connectivity index (χ0v) is 10.4. The van der Waals surface area contributed by atoms with Gasteiger partial charge in [0.25, 0.3) is 5.56 Å². The van der Waals surface area contributed by atoms with Crippen LogP contribution in [0.3, 0.4) is 0 Å². The Kier molecular flexibility index (Phi) is 2.72. The number of H-pyrrole nitrogens is 1. The Morgan fingerprint density at radius 2 is 2.11 bits per heavy atom. The lowest BCUT2D eigenvalue weighted by molar-refractivity contribution is 0.993. The Balaban J connectivity index is 2.04. The van der Waals surface area contributed by atoms with E-state index in [4.69, 9.17) is 0 Å². The van der Waals surface area contributed by atoms with E-state index in [0.29, 0.717) is 0 Å². The van der Waals surface area contributed by atoms with E-state index in [1.165, 1.54) is 6.07 Å². The fourth-order valence-electron chi connectivity index (χ4n) is 2.01. The number of aromatic nitrogens is 4. The highest BCUT2D eigenvalue weighted by Crippen LogP contribution is 2.21. The predicted octanol–water partition coefficient (Wildman–Crippen LogP) is 1.93. The highest BCUT2D eigenvalue weighted by atomic mass is 16.1. The SMILES string of the molecule is Cc1cc(-c2ccc(=O)[nH]n2)ccc1-n1ccnc1. The van der Waals surface area contributed by atoms with Crippen LogP contribution in [0.25, 0.3) is 16.9 Å². The van der Waals surface area contributed by atoms with Gasteiger partial charge in [0, 0.05) is 29.7 Å². The third kappa shape index (κ3) is 2.18. The van der Waals surface area contributed by atoms with Crippen molar-refractivity contribution >= 4 is 0 Å². The molecule has 0 saturated heterocycles. The van der Waals surface area contributed by atoms with Crippen LogP contribution in [0, 0.1) is 6.92 Å². The quantitative estimate of drug-likeness (QED) is 0.758. The lowest BCUT2D eigenvalue weighted by Crippen LogP contribution is -2.05. The first kappa shape index (κ1) is 11.4. The number of imidazole rings is 1. The van der Waals surface area contributed by atoms with E-state index >= 15 is 0 Å². The lowest BCUT2D eigenvalue weighted by atomic mass is 10.1. The Morgan fingerprint density at radius 3 is 2.74 bits per heavy atom. The molecule has 19 heavy (non-hydrogen) atoms. The van der Waals surface area contributed by atoms with Crippen LogP contribution in [0.2, 0.25) is 0 Å². The average Bonchev–Trinajstić information content (AvgIpc) is 2.93. The molecule has 94 valence electrons. The summed E-state index contributed by atoms with van der Waals surface area (Å²) in [5.74, 6) is 0. The second-order valence-corrected chi connectivity index (χ2v) is 4.28. The first-order valence-corrected chi connectivity index (χ1v) is 5.89. The molecule has 0 unspecified atom stereocenters. The van der Waals surface area contributed by atoms with Crippen LogP contribution < -0.4 is 5.56 Å². The summed E-state index contributed by atoms with van der Waals surface area (Å²) in [6.07, 6.45) is 5.41. The molecule has 3 aromatic rings. The van der Waals surface area contributed by atoms with Crippen molar-refractivity contribution in [3.8, 4) is 16.9 Å². The van der Waals surface area contributed by atoms with E-state index in [0.717, 1.165) is 22.5 Å². The van der Waals surface area contributed by atoms with Crippen molar-refractivity contribution in [3.63, 3.8) is 0 Å². The van der Waals surface area contributed by atoms with Gasteiger partial charge in [0.15, 0.2) is 0 Å². The molecule has 0 aliphatic carbocycles. The van der Waals surface area contributed by atoms with Gasteiger partial charge in [-0.25, -0.2) is 10.1 Å². The molecule has 5 nitrogen and oxygen atoms in total. The summed E-state index contributed by atoms with van der Waals surface area (Å²) in [6.45, 7) is 2.03. The molecule has 0 radical (unpaired) electrons. The Hall–Kier alpha value is -2.69. The van der Waals surface area contributed by atoms with Gasteiger partial charge < -0.3 is 4.57 Å². The van der Waals surface area contributed by atoms with Crippen molar-refractivity contribution in [1.82, 2.24) is 19.7 Å². The van der Waals surface area contributed by atoms with Gasteiger partial charge in [-0.2, -0.15) is 5.10 Å².